The molecule has 0 radical (unpaired) electrons. The highest BCUT2D eigenvalue weighted by Gasteiger charge is 2.25. The second-order valence-corrected chi connectivity index (χ2v) is 8.01. The topological polar surface area (TPSA) is 60.1 Å². The van der Waals surface area contributed by atoms with Crippen LogP contribution in [0.1, 0.15) is 62.4 Å². The van der Waals surface area contributed by atoms with Gasteiger partial charge in [-0.25, -0.2) is 9.48 Å². The summed E-state index contributed by atoms with van der Waals surface area (Å²) in [6.07, 6.45) is 5.96. The first-order valence-electron chi connectivity index (χ1n) is 10.1. The first-order chi connectivity index (χ1) is 13.0. The van der Waals surface area contributed by atoms with Gasteiger partial charge in [0.1, 0.15) is 12.4 Å². The van der Waals surface area contributed by atoms with Gasteiger partial charge in [-0.3, -0.25) is 9.36 Å². The summed E-state index contributed by atoms with van der Waals surface area (Å²) in [6, 6.07) is 6.40. The molecule has 0 saturated carbocycles. The van der Waals surface area contributed by atoms with Crippen molar-refractivity contribution in [1.29, 1.82) is 0 Å². The van der Waals surface area contributed by atoms with E-state index < -0.39 is 0 Å². The third-order valence-electron chi connectivity index (χ3n) is 5.76. The third kappa shape index (κ3) is 3.45. The molecule has 0 atom stereocenters. The largest absolute Gasteiger partial charge is 0.346 e. The Morgan fingerprint density at radius 2 is 1.96 bits per heavy atom. The third-order valence-corrected chi connectivity index (χ3v) is 5.76. The monoisotopic (exact) mass is 368 g/mol. The Balaban J connectivity index is 1.58. The van der Waals surface area contributed by atoms with Gasteiger partial charge in [-0.15, -0.1) is 0 Å². The van der Waals surface area contributed by atoms with E-state index in [1.165, 1.54) is 15.8 Å². The molecule has 1 aromatic heterocycles. The molecule has 2 aliphatic rings. The molecule has 27 heavy (non-hydrogen) atoms. The van der Waals surface area contributed by atoms with E-state index in [0.29, 0.717) is 19.0 Å². The molecule has 2 aromatic rings. The molecule has 2 aliphatic heterocycles. The Kier molecular flexibility index (Phi) is 4.89. The molecule has 0 N–H and O–H groups in total. The minimum absolute atomic E-state index is 0.0181. The fourth-order valence-corrected chi connectivity index (χ4v) is 4.18. The van der Waals surface area contributed by atoms with Gasteiger partial charge in [0.05, 0.1) is 0 Å². The quantitative estimate of drug-likeness (QED) is 0.837. The van der Waals surface area contributed by atoms with Crippen molar-refractivity contribution >= 4 is 11.6 Å². The van der Waals surface area contributed by atoms with Crippen molar-refractivity contribution < 1.29 is 4.79 Å². The summed E-state index contributed by atoms with van der Waals surface area (Å²) >= 11 is 0. The predicted molar refractivity (Wildman–Crippen MR) is 105 cm³/mol. The van der Waals surface area contributed by atoms with Crippen molar-refractivity contribution in [3.8, 4) is 0 Å². The summed E-state index contributed by atoms with van der Waals surface area (Å²) in [5.74, 6) is 1.25. The summed E-state index contributed by atoms with van der Waals surface area (Å²) in [5, 5.41) is 4.46. The Morgan fingerprint density at radius 1 is 1.11 bits per heavy atom. The van der Waals surface area contributed by atoms with E-state index >= 15 is 0 Å². The molecule has 3 heterocycles. The van der Waals surface area contributed by atoms with Crippen molar-refractivity contribution in [3.05, 3.63) is 45.6 Å². The van der Waals surface area contributed by atoms with Crippen LogP contribution in [-0.2, 0) is 30.7 Å². The highest BCUT2D eigenvalue weighted by molar-refractivity contribution is 5.94. The lowest BCUT2D eigenvalue weighted by Crippen LogP contribution is -2.40. The fraction of sp³-hybridized carbons (Fsp3) is 0.571. The highest BCUT2D eigenvalue weighted by atomic mass is 16.2. The van der Waals surface area contributed by atoms with Crippen LogP contribution >= 0.6 is 0 Å². The number of amides is 1. The van der Waals surface area contributed by atoms with E-state index in [4.69, 9.17) is 0 Å². The Labute approximate surface area is 159 Å². The Morgan fingerprint density at radius 3 is 2.78 bits per heavy atom. The highest BCUT2D eigenvalue weighted by Crippen LogP contribution is 2.30. The van der Waals surface area contributed by atoms with E-state index in [1.54, 1.807) is 4.57 Å². The van der Waals surface area contributed by atoms with Crippen LogP contribution in [-0.4, -0.2) is 26.8 Å². The molecule has 0 unspecified atom stereocenters. The van der Waals surface area contributed by atoms with Crippen LogP contribution in [0.15, 0.2) is 23.0 Å². The number of nitrogens with zero attached hydrogens (tertiary/aromatic N) is 4. The maximum absolute atomic E-state index is 13.0. The number of hydrogen-bond acceptors (Lipinski definition) is 3. The number of benzene rings is 1. The molecule has 0 fully saturated rings. The lowest BCUT2D eigenvalue weighted by molar-refractivity contribution is -0.119. The Hall–Kier alpha value is -2.37. The molecule has 4 rings (SSSR count). The van der Waals surface area contributed by atoms with Crippen molar-refractivity contribution in [2.45, 2.75) is 71.4 Å². The average molecular weight is 368 g/mol. The van der Waals surface area contributed by atoms with Crippen LogP contribution in [0.5, 0.6) is 0 Å². The van der Waals surface area contributed by atoms with Crippen LogP contribution in [0.4, 0.5) is 5.69 Å². The van der Waals surface area contributed by atoms with E-state index in [2.05, 4.69) is 37.1 Å². The summed E-state index contributed by atoms with van der Waals surface area (Å²) in [5.41, 5.74) is 3.38. The maximum atomic E-state index is 13.0. The second-order valence-electron chi connectivity index (χ2n) is 8.01. The van der Waals surface area contributed by atoms with Gasteiger partial charge < -0.3 is 4.90 Å². The zero-order chi connectivity index (χ0) is 19.0. The maximum Gasteiger partial charge on any atom is 0.346 e. The first kappa shape index (κ1) is 18.0. The number of aryl methyl sites for hydroxylation is 2. The van der Waals surface area contributed by atoms with E-state index in [9.17, 15) is 9.59 Å². The van der Waals surface area contributed by atoms with Crippen LogP contribution < -0.4 is 10.6 Å². The molecule has 144 valence electrons. The molecule has 6 heteroatoms. The van der Waals surface area contributed by atoms with Crippen molar-refractivity contribution in [1.82, 2.24) is 14.3 Å². The van der Waals surface area contributed by atoms with E-state index in [0.717, 1.165) is 50.0 Å². The molecule has 6 nitrogen and oxygen atoms in total. The fourth-order valence-electron chi connectivity index (χ4n) is 4.18. The molecule has 1 aromatic carbocycles. The normalized spacial score (nSPS) is 16.8. The van der Waals surface area contributed by atoms with Crippen LogP contribution in [0, 0.1) is 0 Å². The number of hydrogen-bond donors (Lipinski definition) is 0. The van der Waals surface area contributed by atoms with Gasteiger partial charge in [-0.1, -0.05) is 32.4 Å². The number of aromatic nitrogens is 3. The zero-order valence-corrected chi connectivity index (χ0v) is 16.3. The summed E-state index contributed by atoms with van der Waals surface area (Å²) < 4.78 is 3.11. The molecule has 0 saturated heterocycles. The number of carbonyl (C=O) groups is 1. The lowest BCUT2D eigenvalue weighted by atomic mass is 9.95. The number of rotatable bonds is 3. The smallest absolute Gasteiger partial charge is 0.311 e. The lowest BCUT2D eigenvalue weighted by Gasteiger charge is -2.30. The molecule has 0 spiro atoms. The number of fused-ring (bicyclic) bond motifs is 2. The van der Waals surface area contributed by atoms with Crippen LogP contribution in [0.3, 0.4) is 0 Å². The SMILES string of the molecule is CC(C)c1ccc2c(c1)CCCN2C(=O)Cn1nc2n(c1=O)CCCCC2. The van der Waals surface area contributed by atoms with Gasteiger partial charge in [0, 0.05) is 25.2 Å². The summed E-state index contributed by atoms with van der Waals surface area (Å²) in [7, 11) is 0. The average Bonchev–Trinajstić information content (AvgIpc) is 2.83. The minimum atomic E-state index is -0.146. The van der Waals surface area contributed by atoms with Gasteiger partial charge in [0.15, 0.2) is 0 Å². The first-order valence-corrected chi connectivity index (χ1v) is 10.1. The zero-order valence-electron chi connectivity index (χ0n) is 16.3. The van der Waals surface area contributed by atoms with Gasteiger partial charge in [0.2, 0.25) is 5.91 Å². The predicted octanol–water partition coefficient (Wildman–Crippen LogP) is 2.87. The van der Waals surface area contributed by atoms with E-state index in [-0.39, 0.29) is 18.1 Å². The molecule has 0 aliphatic carbocycles. The van der Waals surface area contributed by atoms with Gasteiger partial charge in [-0.05, 0) is 48.8 Å². The molecular weight excluding hydrogens is 340 g/mol. The second kappa shape index (κ2) is 7.33. The van der Waals surface area contributed by atoms with Gasteiger partial charge in [-0.2, -0.15) is 5.10 Å². The molecular formula is C21H28N4O2. The van der Waals surface area contributed by atoms with Gasteiger partial charge >= 0.3 is 5.69 Å². The summed E-state index contributed by atoms with van der Waals surface area (Å²) in [4.78, 5) is 27.5. The van der Waals surface area contributed by atoms with Crippen molar-refractivity contribution in [3.63, 3.8) is 0 Å². The number of carbonyl (C=O) groups excluding carboxylic acids is 1. The molecule has 0 bridgehead atoms. The van der Waals surface area contributed by atoms with Crippen molar-refractivity contribution in [2.75, 3.05) is 11.4 Å². The van der Waals surface area contributed by atoms with Crippen LogP contribution in [0.2, 0.25) is 0 Å². The van der Waals surface area contributed by atoms with Gasteiger partial charge in [0.25, 0.3) is 0 Å². The number of anilines is 1. The van der Waals surface area contributed by atoms with Crippen LogP contribution in [0.25, 0.3) is 0 Å². The van der Waals surface area contributed by atoms with Crippen molar-refractivity contribution in [2.24, 2.45) is 0 Å². The summed E-state index contributed by atoms with van der Waals surface area (Å²) in [6.45, 7) is 5.80. The standard InChI is InChI=1S/C21H28N4O2/c1-15(2)16-9-10-18-17(13-16)7-6-12-23(18)20(26)14-25-21(27)24-11-5-3-4-8-19(24)22-25/h9-10,13,15H,3-8,11-12,14H2,1-2H3. The minimum Gasteiger partial charge on any atom is -0.311 e. The Bertz CT molecular complexity index is 909. The van der Waals surface area contributed by atoms with E-state index in [1.807, 2.05) is 4.90 Å². The molecule has 1 amide bonds.